The molecule has 0 aliphatic carbocycles. The monoisotopic (exact) mass is 560 g/mol. The fourth-order valence-corrected chi connectivity index (χ4v) is 5.69. The Morgan fingerprint density at radius 1 is 1.03 bits per heavy atom. The van der Waals surface area contributed by atoms with E-state index in [-0.39, 0.29) is 12.5 Å². The van der Waals surface area contributed by atoms with E-state index in [1.165, 1.54) is 11.3 Å². The molecule has 1 saturated heterocycles. The molecule has 0 aromatic heterocycles. The van der Waals surface area contributed by atoms with Gasteiger partial charge in [-0.3, -0.25) is 14.9 Å². The van der Waals surface area contributed by atoms with Gasteiger partial charge in [0.15, 0.2) is 5.54 Å². The van der Waals surface area contributed by atoms with E-state index >= 15 is 0 Å². The Labute approximate surface area is 222 Å². The van der Waals surface area contributed by atoms with Gasteiger partial charge in [0.05, 0.1) is 13.2 Å². The molecule has 1 fully saturated rings. The van der Waals surface area contributed by atoms with Crippen LogP contribution in [0.3, 0.4) is 0 Å². The predicted molar refractivity (Wildman–Crippen MR) is 141 cm³/mol. The van der Waals surface area contributed by atoms with Crippen LogP contribution in [0.1, 0.15) is 39.4 Å². The number of urea groups is 1. The minimum absolute atomic E-state index is 0.0179. The molecule has 2 unspecified atom stereocenters. The zero-order valence-corrected chi connectivity index (χ0v) is 21.5. The van der Waals surface area contributed by atoms with Gasteiger partial charge in [0.2, 0.25) is 0 Å². The summed E-state index contributed by atoms with van der Waals surface area (Å²) in [6, 6.07) is 20.4. The number of rotatable bonds is 7. The van der Waals surface area contributed by atoms with Crippen molar-refractivity contribution >= 4 is 39.5 Å². The molecule has 0 saturated carbocycles. The SMILES string of the molecule is O=C1NC(=O)C(CN2Cc3cc(OCCC4CNc5ccccc54)ccc3C2=O)(c2ccc(Br)cc2)N1. The average Bonchev–Trinajstić information content (AvgIpc) is 3.53. The van der Waals surface area contributed by atoms with E-state index in [1.807, 2.05) is 18.2 Å². The highest BCUT2D eigenvalue weighted by Crippen LogP contribution is 2.35. The number of nitrogens with zero attached hydrogens (tertiary/aromatic N) is 1. The van der Waals surface area contributed by atoms with Crippen molar-refractivity contribution in [1.82, 2.24) is 15.5 Å². The van der Waals surface area contributed by atoms with Crippen LogP contribution in [-0.2, 0) is 16.9 Å². The Bertz CT molecular complexity index is 1410. The number of nitrogens with one attached hydrogen (secondary N) is 3. The molecule has 3 aromatic carbocycles. The second-order valence-electron chi connectivity index (χ2n) is 9.60. The van der Waals surface area contributed by atoms with Crippen molar-refractivity contribution in [2.75, 3.05) is 25.0 Å². The molecule has 188 valence electrons. The Hall–Kier alpha value is -3.85. The van der Waals surface area contributed by atoms with Gasteiger partial charge in [-0.2, -0.15) is 0 Å². The van der Waals surface area contributed by atoms with Crippen LogP contribution in [0.25, 0.3) is 0 Å². The average molecular weight is 561 g/mol. The first-order chi connectivity index (χ1) is 17.9. The largest absolute Gasteiger partial charge is 0.494 e. The van der Waals surface area contributed by atoms with Crippen LogP contribution >= 0.6 is 15.9 Å². The Morgan fingerprint density at radius 2 is 1.84 bits per heavy atom. The number of para-hydroxylation sites is 1. The van der Waals surface area contributed by atoms with E-state index in [0.717, 1.165) is 23.0 Å². The molecule has 3 aliphatic rings. The van der Waals surface area contributed by atoms with Crippen LogP contribution in [0.15, 0.2) is 71.2 Å². The van der Waals surface area contributed by atoms with Gasteiger partial charge in [0.25, 0.3) is 11.8 Å². The van der Waals surface area contributed by atoms with Crippen molar-refractivity contribution in [3.05, 3.63) is 93.5 Å². The minimum Gasteiger partial charge on any atom is -0.494 e. The summed E-state index contributed by atoms with van der Waals surface area (Å²) in [5.41, 5.74) is 3.18. The maximum atomic E-state index is 13.2. The maximum absolute atomic E-state index is 13.2. The Kier molecular flexibility index (Phi) is 5.87. The van der Waals surface area contributed by atoms with Gasteiger partial charge in [0, 0.05) is 34.7 Å². The highest BCUT2D eigenvalue weighted by Gasteiger charge is 2.50. The molecule has 6 rings (SSSR count). The lowest BCUT2D eigenvalue weighted by atomic mass is 9.89. The fourth-order valence-electron chi connectivity index (χ4n) is 5.43. The van der Waals surface area contributed by atoms with E-state index in [4.69, 9.17) is 4.74 Å². The molecule has 9 heteroatoms. The molecule has 3 heterocycles. The number of benzene rings is 3. The Morgan fingerprint density at radius 3 is 2.62 bits per heavy atom. The quantitative estimate of drug-likeness (QED) is 0.377. The summed E-state index contributed by atoms with van der Waals surface area (Å²) in [4.78, 5) is 39.9. The van der Waals surface area contributed by atoms with Gasteiger partial charge in [-0.25, -0.2) is 4.79 Å². The molecule has 0 radical (unpaired) electrons. The third-order valence-corrected chi connectivity index (χ3v) is 7.87. The summed E-state index contributed by atoms with van der Waals surface area (Å²) in [5.74, 6) is 0.462. The minimum atomic E-state index is -1.36. The molecule has 3 N–H and O–H groups in total. The van der Waals surface area contributed by atoms with E-state index in [1.54, 1.807) is 35.2 Å². The molecule has 0 bridgehead atoms. The molecule has 8 nitrogen and oxygen atoms in total. The van der Waals surface area contributed by atoms with Gasteiger partial charge in [-0.15, -0.1) is 0 Å². The Balaban J connectivity index is 1.15. The molecule has 3 aliphatic heterocycles. The van der Waals surface area contributed by atoms with Crippen molar-refractivity contribution < 1.29 is 19.1 Å². The van der Waals surface area contributed by atoms with Crippen molar-refractivity contribution in [2.24, 2.45) is 0 Å². The summed E-state index contributed by atoms with van der Waals surface area (Å²) in [7, 11) is 0. The van der Waals surface area contributed by atoms with Crippen LogP contribution in [0, 0.1) is 0 Å². The van der Waals surface area contributed by atoms with E-state index in [2.05, 4.69) is 50.1 Å². The highest BCUT2D eigenvalue weighted by atomic mass is 79.9. The van der Waals surface area contributed by atoms with Gasteiger partial charge in [-0.05, 0) is 59.5 Å². The third kappa shape index (κ3) is 4.23. The van der Waals surface area contributed by atoms with Crippen molar-refractivity contribution in [2.45, 2.75) is 24.4 Å². The van der Waals surface area contributed by atoms with E-state index in [0.29, 0.717) is 35.9 Å². The molecule has 37 heavy (non-hydrogen) atoms. The number of hydrogen-bond acceptors (Lipinski definition) is 5. The number of hydrogen-bond donors (Lipinski definition) is 3. The number of amides is 4. The fraction of sp³-hybridized carbons (Fsp3) is 0.250. The lowest BCUT2D eigenvalue weighted by Gasteiger charge is -2.31. The lowest BCUT2D eigenvalue weighted by Crippen LogP contribution is -2.52. The van der Waals surface area contributed by atoms with Crippen LogP contribution in [-0.4, -0.2) is 42.4 Å². The first-order valence-corrected chi connectivity index (χ1v) is 13.0. The number of ether oxygens (including phenoxy) is 1. The summed E-state index contributed by atoms with van der Waals surface area (Å²) in [5, 5.41) is 8.53. The number of imide groups is 1. The lowest BCUT2D eigenvalue weighted by molar-refractivity contribution is -0.124. The predicted octanol–water partition coefficient (Wildman–Crippen LogP) is 4.12. The van der Waals surface area contributed by atoms with Crippen molar-refractivity contribution in [1.29, 1.82) is 0 Å². The van der Waals surface area contributed by atoms with Crippen molar-refractivity contribution in [3.63, 3.8) is 0 Å². The van der Waals surface area contributed by atoms with Crippen LogP contribution < -0.4 is 20.7 Å². The summed E-state index contributed by atoms with van der Waals surface area (Å²) in [6.45, 7) is 1.81. The van der Waals surface area contributed by atoms with Gasteiger partial charge in [0.1, 0.15) is 5.75 Å². The zero-order valence-electron chi connectivity index (χ0n) is 19.9. The number of carbonyl (C=O) groups excluding carboxylic acids is 3. The highest BCUT2D eigenvalue weighted by molar-refractivity contribution is 9.10. The molecular formula is C28H25BrN4O4. The second kappa shape index (κ2) is 9.23. The van der Waals surface area contributed by atoms with Gasteiger partial charge < -0.3 is 20.3 Å². The number of carbonyl (C=O) groups is 3. The van der Waals surface area contributed by atoms with Crippen LogP contribution in [0.2, 0.25) is 0 Å². The molecular weight excluding hydrogens is 536 g/mol. The van der Waals surface area contributed by atoms with E-state index in [9.17, 15) is 14.4 Å². The standard InChI is InChI=1S/C28H25BrN4O4/c29-20-7-5-19(6-8-20)28(26(35)31-27(36)32-28)16-33-15-18-13-21(9-10-23(18)25(33)34)37-12-11-17-14-30-24-4-2-1-3-22(17)24/h1-10,13,17,30H,11-12,14-16H2,(H2,31,32,35,36). The first-order valence-electron chi connectivity index (χ1n) is 12.2. The maximum Gasteiger partial charge on any atom is 0.322 e. The molecule has 0 spiro atoms. The smallest absolute Gasteiger partial charge is 0.322 e. The topological polar surface area (TPSA) is 99.8 Å². The number of anilines is 1. The number of fused-ring (bicyclic) bond motifs is 2. The third-order valence-electron chi connectivity index (χ3n) is 7.34. The summed E-state index contributed by atoms with van der Waals surface area (Å²) < 4.78 is 6.91. The van der Waals surface area contributed by atoms with Gasteiger partial charge in [-0.1, -0.05) is 46.3 Å². The zero-order chi connectivity index (χ0) is 25.6. The first kappa shape index (κ1) is 23.5. The van der Waals surface area contributed by atoms with Crippen LogP contribution in [0.4, 0.5) is 10.5 Å². The summed E-state index contributed by atoms with van der Waals surface area (Å²) in [6.07, 6.45) is 0.886. The van der Waals surface area contributed by atoms with Gasteiger partial charge >= 0.3 is 6.03 Å². The number of halogens is 1. The molecule has 3 aromatic rings. The van der Waals surface area contributed by atoms with E-state index < -0.39 is 17.5 Å². The normalized spacial score (nSPS) is 21.8. The summed E-state index contributed by atoms with van der Waals surface area (Å²) >= 11 is 3.40. The van der Waals surface area contributed by atoms with Crippen LogP contribution in [0.5, 0.6) is 5.75 Å². The second-order valence-corrected chi connectivity index (χ2v) is 10.5. The molecule has 2 atom stereocenters. The molecule has 4 amide bonds. The van der Waals surface area contributed by atoms with Crippen molar-refractivity contribution in [3.8, 4) is 5.75 Å².